The minimum atomic E-state index is -0.618. The van der Waals surface area contributed by atoms with E-state index in [1.54, 1.807) is 72.8 Å². The summed E-state index contributed by atoms with van der Waals surface area (Å²) in [5, 5.41) is 1.96. The minimum Gasteiger partial charge on any atom is -0.423 e. The highest BCUT2D eigenvalue weighted by Gasteiger charge is 2.17. The van der Waals surface area contributed by atoms with E-state index in [1.165, 1.54) is 18.2 Å². The van der Waals surface area contributed by atoms with Crippen LogP contribution in [0.15, 0.2) is 91.0 Å². The van der Waals surface area contributed by atoms with Crippen LogP contribution in [0.5, 0.6) is 17.2 Å². The minimum absolute atomic E-state index is 0.0435. The molecule has 0 saturated heterocycles. The maximum absolute atomic E-state index is 12.8. The van der Waals surface area contributed by atoms with Crippen molar-refractivity contribution in [1.82, 2.24) is 0 Å². The van der Waals surface area contributed by atoms with Crippen LogP contribution >= 0.6 is 47.8 Å². The second kappa shape index (κ2) is 13.7. The summed E-state index contributed by atoms with van der Waals surface area (Å²) in [6.07, 6.45) is 0. The van der Waals surface area contributed by atoms with Crippen molar-refractivity contribution in [3.05, 3.63) is 124 Å². The number of ether oxygens (including phenoxy) is 3. The molecule has 0 fully saturated rings. The molecule has 0 aliphatic heterocycles. The number of alkyl halides is 3. The highest BCUT2D eigenvalue weighted by Crippen LogP contribution is 2.30. The van der Waals surface area contributed by atoms with E-state index >= 15 is 0 Å². The van der Waals surface area contributed by atoms with Crippen LogP contribution in [0.3, 0.4) is 0 Å². The maximum atomic E-state index is 12.8. The van der Waals surface area contributed by atoms with Crippen molar-refractivity contribution in [2.24, 2.45) is 0 Å². The predicted molar refractivity (Wildman–Crippen MR) is 159 cm³/mol. The summed E-state index contributed by atoms with van der Waals surface area (Å²) in [5.41, 5.74) is 4.01. The number of esters is 3. The fourth-order valence-electron chi connectivity index (χ4n) is 3.41. The molecule has 198 valence electrons. The average Bonchev–Trinajstić information content (AvgIpc) is 2.97. The van der Waals surface area contributed by atoms with Gasteiger partial charge in [-0.05, 0) is 53.1 Å². The second-order valence-corrected chi connectivity index (χ2v) is 9.98. The highest BCUT2D eigenvalue weighted by atomic mass is 79.9. The molecular weight excluding hydrogens is 696 g/mol. The summed E-state index contributed by atoms with van der Waals surface area (Å²) in [5.74, 6) is -1.72. The molecule has 6 nitrogen and oxygen atoms in total. The van der Waals surface area contributed by atoms with Crippen LogP contribution in [0.4, 0.5) is 0 Å². The van der Waals surface area contributed by atoms with E-state index in [2.05, 4.69) is 47.8 Å². The van der Waals surface area contributed by atoms with Gasteiger partial charge in [0.15, 0.2) is 0 Å². The van der Waals surface area contributed by atoms with Crippen molar-refractivity contribution in [3.63, 3.8) is 0 Å². The van der Waals surface area contributed by atoms with E-state index in [0.717, 1.165) is 16.7 Å². The quantitative estimate of drug-likeness (QED) is 0.0992. The Balaban J connectivity index is 1.59. The van der Waals surface area contributed by atoms with Gasteiger partial charge in [0.05, 0.1) is 16.7 Å². The predicted octanol–water partition coefficient (Wildman–Crippen LogP) is 8.03. The number of hydrogen-bond donors (Lipinski definition) is 0. The van der Waals surface area contributed by atoms with Gasteiger partial charge < -0.3 is 14.2 Å². The van der Waals surface area contributed by atoms with E-state index < -0.39 is 17.9 Å². The van der Waals surface area contributed by atoms with Gasteiger partial charge in [-0.2, -0.15) is 0 Å². The van der Waals surface area contributed by atoms with E-state index in [-0.39, 0.29) is 17.2 Å². The summed E-state index contributed by atoms with van der Waals surface area (Å²) in [6.45, 7) is 0. The normalized spacial score (nSPS) is 10.5. The molecule has 0 radical (unpaired) electrons. The lowest BCUT2D eigenvalue weighted by atomic mass is 10.1. The van der Waals surface area contributed by atoms with Crippen LogP contribution in [0.2, 0.25) is 0 Å². The molecule has 4 aromatic carbocycles. The van der Waals surface area contributed by atoms with Crippen molar-refractivity contribution in [2.45, 2.75) is 16.0 Å². The third-order valence-corrected chi connectivity index (χ3v) is 7.46. The third-order valence-electron chi connectivity index (χ3n) is 5.52. The molecule has 39 heavy (non-hydrogen) atoms. The van der Waals surface area contributed by atoms with Gasteiger partial charge in [-0.1, -0.05) is 84.2 Å². The lowest BCUT2D eigenvalue weighted by Crippen LogP contribution is -2.12. The van der Waals surface area contributed by atoms with Gasteiger partial charge in [-0.15, -0.1) is 0 Å². The number of carbonyl (C=O) groups excluding carboxylic acids is 3. The topological polar surface area (TPSA) is 78.9 Å². The molecule has 0 atom stereocenters. The Kier molecular flexibility index (Phi) is 10.1. The summed E-state index contributed by atoms with van der Waals surface area (Å²) < 4.78 is 16.6. The number of halogens is 3. The maximum Gasteiger partial charge on any atom is 0.343 e. The number of rotatable bonds is 9. The first-order valence-electron chi connectivity index (χ1n) is 11.6. The summed E-state index contributed by atoms with van der Waals surface area (Å²) >= 11 is 10.1. The molecule has 0 saturated carbocycles. The van der Waals surface area contributed by atoms with Crippen molar-refractivity contribution < 1.29 is 28.6 Å². The van der Waals surface area contributed by atoms with Gasteiger partial charge in [0.2, 0.25) is 0 Å². The van der Waals surface area contributed by atoms with E-state index in [9.17, 15) is 14.4 Å². The molecule has 0 unspecified atom stereocenters. The van der Waals surface area contributed by atoms with Crippen LogP contribution in [0, 0.1) is 0 Å². The summed E-state index contributed by atoms with van der Waals surface area (Å²) in [6, 6.07) is 24.9. The number of hydrogen-bond acceptors (Lipinski definition) is 6. The second-order valence-electron chi connectivity index (χ2n) is 8.30. The molecular formula is C30H21Br3O6. The van der Waals surface area contributed by atoms with Crippen molar-refractivity contribution in [1.29, 1.82) is 0 Å². The monoisotopic (exact) mass is 714 g/mol. The van der Waals surface area contributed by atoms with Gasteiger partial charge in [0.1, 0.15) is 17.2 Å². The zero-order valence-corrected chi connectivity index (χ0v) is 25.1. The molecule has 4 rings (SSSR count). The summed E-state index contributed by atoms with van der Waals surface area (Å²) in [4.78, 5) is 38.4. The number of carbonyl (C=O) groups is 3. The van der Waals surface area contributed by atoms with E-state index in [1.807, 2.05) is 0 Å². The van der Waals surface area contributed by atoms with Crippen LogP contribution < -0.4 is 14.2 Å². The van der Waals surface area contributed by atoms with Crippen LogP contribution in [-0.4, -0.2) is 17.9 Å². The standard InChI is InChI=1S/C30H21Br3O6/c31-16-19-1-7-22(8-2-19)28(34)37-25-13-26(38-29(35)23-9-3-20(17-32)4-10-23)15-27(14-25)39-30(36)24-11-5-21(18-33)6-12-24/h1-15H,16-18H2. The molecule has 0 heterocycles. The zero-order chi connectivity index (χ0) is 27.8. The Morgan fingerprint density at radius 2 is 0.667 bits per heavy atom. The fourth-order valence-corrected chi connectivity index (χ4v) is 4.53. The van der Waals surface area contributed by atoms with Gasteiger partial charge in [-0.25, -0.2) is 14.4 Å². The van der Waals surface area contributed by atoms with Crippen molar-refractivity contribution in [2.75, 3.05) is 0 Å². The molecule has 0 aliphatic rings. The average molecular weight is 717 g/mol. The summed E-state index contributed by atoms with van der Waals surface area (Å²) in [7, 11) is 0. The van der Waals surface area contributed by atoms with Crippen molar-refractivity contribution in [3.8, 4) is 17.2 Å². The van der Waals surface area contributed by atoms with E-state index in [4.69, 9.17) is 14.2 Å². The molecule has 0 aromatic heterocycles. The van der Waals surface area contributed by atoms with Gasteiger partial charge in [0.25, 0.3) is 0 Å². The molecule has 0 amide bonds. The smallest absolute Gasteiger partial charge is 0.343 e. The lowest BCUT2D eigenvalue weighted by molar-refractivity contribution is 0.0730. The van der Waals surface area contributed by atoms with Crippen LogP contribution in [-0.2, 0) is 16.0 Å². The van der Waals surface area contributed by atoms with Gasteiger partial charge in [0, 0.05) is 34.2 Å². The zero-order valence-electron chi connectivity index (χ0n) is 20.4. The third kappa shape index (κ3) is 7.88. The Morgan fingerprint density at radius 1 is 0.436 bits per heavy atom. The largest absolute Gasteiger partial charge is 0.423 e. The van der Waals surface area contributed by atoms with Gasteiger partial charge in [-0.3, -0.25) is 0 Å². The molecule has 9 heteroatoms. The molecule has 0 bridgehead atoms. The number of benzene rings is 4. The molecule has 0 N–H and O–H groups in total. The SMILES string of the molecule is O=C(Oc1cc(OC(=O)c2ccc(CBr)cc2)cc(OC(=O)c2ccc(CBr)cc2)c1)c1ccc(CBr)cc1. The molecule has 0 aliphatic carbocycles. The fraction of sp³-hybridized carbons (Fsp3) is 0.100. The first-order chi connectivity index (χ1) is 18.9. The van der Waals surface area contributed by atoms with Crippen LogP contribution in [0.25, 0.3) is 0 Å². The van der Waals surface area contributed by atoms with Gasteiger partial charge >= 0.3 is 17.9 Å². The first-order valence-corrected chi connectivity index (χ1v) is 15.0. The Bertz CT molecular complexity index is 1270. The lowest BCUT2D eigenvalue weighted by Gasteiger charge is -2.12. The highest BCUT2D eigenvalue weighted by molar-refractivity contribution is 9.09. The van der Waals surface area contributed by atoms with Crippen molar-refractivity contribution >= 4 is 65.7 Å². The Hall–Kier alpha value is -3.27. The van der Waals surface area contributed by atoms with E-state index in [0.29, 0.717) is 32.7 Å². The molecule has 0 spiro atoms. The Morgan fingerprint density at radius 3 is 0.872 bits per heavy atom. The Labute approximate surface area is 250 Å². The van der Waals surface area contributed by atoms with Crippen LogP contribution in [0.1, 0.15) is 47.8 Å². The molecule has 4 aromatic rings. The first kappa shape index (κ1) is 28.7.